The van der Waals surface area contributed by atoms with Crippen LogP contribution in [0, 0.1) is 0 Å². The number of carbonyl (C=O) groups excluding carboxylic acids is 2. The molecule has 1 heterocycles. The second-order valence-electron chi connectivity index (χ2n) is 5.88. The Hall–Kier alpha value is -3.11. The van der Waals surface area contributed by atoms with Crippen molar-refractivity contribution in [2.75, 3.05) is 4.90 Å². The van der Waals surface area contributed by atoms with Gasteiger partial charge in [0.25, 0.3) is 11.8 Å². The topological polar surface area (TPSA) is 46.6 Å². The van der Waals surface area contributed by atoms with Crippen LogP contribution in [0.2, 0.25) is 5.02 Å². The molecule has 0 atom stereocenters. The van der Waals surface area contributed by atoms with E-state index in [-0.39, 0.29) is 11.8 Å². The molecule has 1 aliphatic heterocycles. The smallest absolute Gasteiger partial charge is 0.266 e. The standard InChI is InChI=1S/C21H14ClNO3/c22-15-10-11-19(26-13-14-6-2-1-3-7-14)18(12-15)23-20(24)16-8-4-5-9-17(16)21(23)25/h1-12H,13H2. The highest BCUT2D eigenvalue weighted by atomic mass is 35.5. The predicted molar refractivity (Wildman–Crippen MR) is 99.8 cm³/mol. The first-order valence-electron chi connectivity index (χ1n) is 8.09. The van der Waals surface area contributed by atoms with E-state index < -0.39 is 0 Å². The molecule has 0 aromatic heterocycles. The average molecular weight is 364 g/mol. The molecule has 0 bridgehead atoms. The van der Waals surface area contributed by atoms with Gasteiger partial charge >= 0.3 is 0 Å². The summed E-state index contributed by atoms with van der Waals surface area (Å²) in [5.74, 6) is -0.331. The van der Waals surface area contributed by atoms with Crippen LogP contribution in [0.15, 0.2) is 72.8 Å². The molecule has 1 aliphatic rings. The molecule has 26 heavy (non-hydrogen) atoms. The SMILES string of the molecule is O=C1c2ccccc2C(=O)N1c1cc(Cl)ccc1OCc1ccccc1. The fourth-order valence-corrected chi connectivity index (χ4v) is 3.10. The zero-order chi connectivity index (χ0) is 18.1. The Balaban J connectivity index is 1.70. The minimum Gasteiger partial charge on any atom is -0.487 e. The third-order valence-corrected chi connectivity index (χ3v) is 4.43. The van der Waals surface area contributed by atoms with Crippen LogP contribution in [0.5, 0.6) is 5.75 Å². The van der Waals surface area contributed by atoms with Crippen molar-refractivity contribution in [2.45, 2.75) is 6.61 Å². The number of anilines is 1. The first-order valence-corrected chi connectivity index (χ1v) is 8.47. The third kappa shape index (κ3) is 2.85. The molecule has 0 spiro atoms. The van der Waals surface area contributed by atoms with Crippen molar-refractivity contribution in [3.63, 3.8) is 0 Å². The van der Waals surface area contributed by atoms with Gasteiger partial charge in [-0.15, -0.1) is 0 Å². The van der Waals surface area contributed by atoms with Gasteiger partial charge in [0, 0.05) is 5.02 Å². The lowest BCUT2D eigenvalue weighted by Gasteiger charge is -2.19. The maximum absolute atomic E-state index is 12.8. The maximum atomic E-state index is 12.8. The van der Waals surface area contributed by atoms with Crippen molar-refractivity contribution in [2.24, 2.45) is 0 Å². The summed E-state index contributed by atoms with van der Waals surface area (Å²) in [5, 5.41) is 0.420. The normalized spacial score (nSPS) is 13.0. The molecule has 0 N–H and O–H groups in total. The highest BCUT2D eigenvalue weighted by Gasteiger charge is 2.37. The van der Waals surface area contributed by atoms with E-state index in [9.17, 15) is 9.59 Å². The Bertz CT molecular complexity index is 966. The fourth-order valence-electron chi connectivity index (χ4n) is 2.93. The highest BCUT2D eigenvalue weighted by Crippen LogP contribution is 2.37. The summed E-state index contributed by atoms with van der Waals surface area (Å²) in [5.41, 5.74) is 2.09. The molecular formula is C21H14ClNO3. The van der Waals surface area contributed by atoms with E-state index in [1.165, 1.54) is 0 Å². The molecular weight excluding hydrogens is 350 g/mol. The first kappa shape index (κ1) is 16.4. The van der Waals surface area contributed by atoms with E-state index in [1.54, 1.807) is 42.5 Å². The number of halogens is 1. The average Bonchev–Trinajstić information content (AvgIpc) is 2.92. The monoisotopic (exact) mass is 363 g/mol. The van der Waals surface area contributed by atoms with Crippen LogP contribution in [0.1, 0.15) is 26.3 Å². The van der Waals surface area contributed by atoms with Crippen LogP contribution < -0.4 is 9.64 Å². The molecule has 2 amide bonds. The van der Waals surface area contributed by atoms with Gasteiger partial charge in [0.05, 0.1) is 16.8 Å². The van der Waals surface area contributed by atoms with E-state index in [0.29, 0.717) is 34.2 Å². The lowest BCUT2D eigenvalue weighted by atomic mass is 10.1. The molecule has 3 aromatic carbocycles. The number of carbonyl (C=O) groups is 2. The second kappa shape index (κ2) is 6.65. The van der Waals surface area contributed by atoms with Crippen LogP contribution in [0.3, 0.4) is 0 Å². The van der Waals surface area contributed by atoms with Gasteiger partial charge < -0.3 is 4.74 Å². The molecule has 4 nitrogen and oxygen atoms in total. The number of imide groups is 1. The molecule has 0 radical (unpaired) electrons. The quantitative estimate of drug-likeness (QED) is 0.630. The van der Waals surface area contributed by atoms with Crippen LogP contribution in [0.4, 0.5) is 5.69 Å². The van der Waals surface area contributed by atoms with Crippen molar-refractivity contribution in [3.8, 4) is 5.75 Å². The Kier molecular flexibility index (Phi) is 4.19. The Morgan fingerprint density at radius 3 is 2.08 bits per heavy atom. The van der Waals surface area contributed by atoms with Crippen molar-refractivity contribution >= 4 is 29.1 Å². The van der Waals surface area contributed by atoms with Crippen LogP contribution in [-0.2, 0) is 6.61 Å². The van der Waals surface area contributed by atoms with E-state index >= 15 is 0 Å². The van der Waals surface area contributed by atoms with Crippen molar-refractivity contribution in [1.82, 2.24) is 0 Å². The Morgan fingerprint density at radius 1 is 0.808 bits per heavy atom. The predicted octanol–water partition coefficient (Wildman–Crippen LogP) is 4.72. The summed E-state index contributed by atoms with van der Waals surface area (Å²) >= 11 is 6.11. The molecule has 5 heteroatoms. The van der Waals surface area contributed by atoms with Crippen molar-refractivity contribution < 1.29 is 14.3 Å². The minimum atomic E-state index is -0.377. The second-order valence-corrected chi connectivity index (χ2v) is 6.31. The van der Waals surface area contributed by atoms with Gasteiger partial charge in [-0.05, 0) is 35.9 Å². The van der Waals surface area contributed by atoms with E-state index in [4.69, 9.17) is 16.3 Å². The number of amides is 2. The lowest BCUT2D eigenvalue weighted by molar-refractivity contribution is 0.0924. The van der Waals surface area contributed by atoms with Gasteiger partial charge in [0.2, 0.25) is 0 Å². The highest BCUT2D eigenvalue weighted by molar-refractivity contribution is 6.36. The number of benzene rings is 3. The summed E-state index contributed by atoms with van der Waals surface area (Å²) in [6.07, 6.45) is 0. The number of hydrogen-bond acceptors (Lipinski definition) is 3. The number of nitrogens with zero attached hydrogens (tertiary/aromatic N) is 1. The van der Waals surface area contributed by atoms with Crippen LogP contribution in [-0.4, -0.2) is 11.8 Å². The molecule has 4 rings (SSSR count). The summed E-state index contributed by atoms with van der Waals surface area (Å²) < 4.78 is 5.88. The number of hydrogen-bond donors (Lipinski definition) is 0. The maximum Gasteiger partial charge on any atom is 0.266 e. The molecule has 0 aliphatic carbocycles. The molecule has 0 unspecified atom stereocenters. The van der Waals surface area contributed by atoms with Crippen LogP contribution >= 0.6 is 11.6 Å². The van der Waals surface area contributed by atoms with Gasteiger partial charge in [-0.3, -0.25) is 9.59 Å². The lowest BCUT2D eigenvalue weighted by Crippen LogP contribution is -2.29. The van der Waals surface area contributed by atoms with Gasteiger partial charge in [-0.2, -0.15) is 0 Å². The summed E-state index contributed by atoms with van der Waals surface area (Å²) in [6, 6.07) is 21.3. The minimum absolute atomic E-state index is 0.318. The van der Waals surface area contributed by atoms with Crippen LogP contribution in [0.25, 0.3) is 0 Å². The summed E-state index contributed by atoms with van der Waals surface area (Å²) in [4.78, 5) is 26.6. The molecule has 3 aromatic rings. The number of fused-ring (bicyclic) bond motifs is 1. The van der Waals surface area contributed by atoms with Gasteiger partial charge in [0.1, 0.15) is 12.4 Å². The number of ether oxygens (including phenoxy) is 1. The van der Waals surface area contributed by atoms with E-state index in [2.05, 4.69) is 0 Å². The zero-order valence-electron chi connectivity index (χ0n) is 13.7. The molecule has 128 valence electrons. The third-order valence-electron chi connectivity index (χ3n) is 4.19. The van der Waals surface area contributed by atoms with Crippen molar-refractivity contribution in [3.05, 3.63) is 94.5 Å². The van der Waals surface area contributed by atoms with E-state index in [0.717, 1.165) is 10.5 Å². The molecule has 0 saturated carbocycles. The molecule has 0 fully saturated rings. The van der Waals surface area contributed by atoms with Gasteiger partial charge in [-0.25, -0.2) is 4.90 Å². The largest absolute Gasteiger partial charge is 0.487 e. The zero-order valence-corrected chi connectivity index (χ0v) is 14.4. The first-order chi connectivity index (χ1) is 12.6. The number of rotatable bonds is 4. The van der Waals surface area contributed by atoms with Gasteiger partial charge in [-0.1, -0.05) is 54.1 Å². The van der Waals surface area contributed by atoms with Crippen molar-refractivity contribution in [1.29, 1.82) is 0 Å². The fraction of sp³-hybridized carbons (Fsp3) is 0.0476. The summed E-state index contributed by atoms with van der Waals surface area (Å²) in [7, 11) is 0. The summed E-state index contributed by atoms with van der Waals surface area (Å²) in [6.45, 7) is 0.318. The Labute approximate surface area is 155 Å². The Morgan fingerprint density at radius 2 is 1.42 bits per heavy atom. The van der Waals surface area contributed by atoms with Gasteiger partial charge in [0.15, 0.2) is 0 Å². The molecule has 0 saturated heterocycles. The van der Waals surface area contributed by atoms with E-state index in [1.807, 2.05) is 30.3 Å².